The summed E-state index contributed by atoms with van der Waals surface area (Å²) in [7, 11) is 1.30. The number of hydrogen-bond acceptors (Lipinski definition) is 5. The Balaban J connectivity index is 1.89. The zero-order valence-electron chi connectivity index (χ0n) is 13.7. The van der Waals surface area contributed by atoms with Crippen LogP contribution < -0.4 is 10.6 Å². The number of benzene rings is 1. The van der Waals surface area contributed by atoms with Gasteiger partial charge >= 0.3 is 12.0 Å². The highest BCUT2D eigenvalue weighted by Gasteiger charge is 2.44. The van der Waals surface area contributed by atoms with Crippen molar-refractivity contribution in [1.29, 1.82) is 0 Å². The van der Waals surface area contributed by atoms with E-state index in [9.17, 15) is 19.2 Å². The maximum absolute atomic E-state index is 12.0. The molecular weight excluding hydrogens is 314 g/mol. The van der Waals surface area contributed by atoms with Crippen molar-refractivity contribution in [1.82, 2.24) is 15.5 Å². The van der Waals surface area contributed by atoms with Crippen molar-refractivity contribution in [2.24, 2.45) is 0 Å². The second-order valence-electron chi connectivity index (χ2n) is 5.91. The summed E-state index contributed by atoms with van der Waals surface area (Å²) in [5, 5.41) is 5.14. The molecule has 1 aliphatic heterocycles. The lowest BCUT2D eigenvalue weighted by Crippen LogP contribution is -2.43. The molecule has 8 heteroatoms. The van der Waals surface area contributed by atoms with Crippen molar-refractivity contribution in [3.05, 3.63) is 35.4 Å². The molecule has 128 valence electrons. The van der Waals surface area contributed by atoms with E-state index in [0.29, 0.717) is 5.56 Å². The summed E-state index contributed by atoms with van der Waals surface area (Å²) in [6.07, 6.45) is 0. The minimum atomic E-state index is -0.999. The van der Waals surface area contributed by atoms with Crippen LogP contribution in [0.1, 0.15) is 29.8 Å². The van der Waals surface area contributed by atoms with E-state index in [2.05, 4.69) is 15.4 Å². The molecule has 0 saturated carbocycles. The fraction of sp³-hybridized carbons (Fsp3) is 0.375. The first-order valence-corrected chi connectivity index (χ1v) is 7.32. The summed E-state index contributed by atoms with van der Waals surface area (Å²) >= 11 is 0. The molecule has 1 aromatic carbocycles. The van der Waals surface area contributed by atoms with Gasteiger partial charge in [-0.05, 0) is 31.5 Å². The van der Waals surface area contributed by atoms with Crippen molar-refractivity contribution in [3.63, 3.8) is 0 Å². The van der Waals surface area contributed by atoms with Crippen LogP contribution in [0, 0.1) is 0 Å². The highest BCUT2D eigenvalue weighted by Crippen LogP contribution is 2.16. The first kappa shape index (κ1) is 17.5. The summed E-state index contributed by atoms with van der Waals surface area (Å²) in [4.78, 5) is 47.9. The van der Waals surface area contributed by atoms with Gasteiger partial charge in [0.2, 0.25) is 5.91 Å². The third kappa shape index (κ3) is 3.70. The van der Waals surface area contributed by atoms with Gasteiger partial charge in [-0.2, -0.15) is 0 Å². The van der Waals surface area contributed by atoms with Gasteiger partial charge in [-0.25, -0.2) is 9.59 Å². The number of nitrogens with one attached hydrogen (secondary N) is 2. The Morgan fingerprint density at radius 2 is 1.83 bits per heavy atom. The molecule has 1 aliphatic rings. The summed E-state index contributed by atoms with van der Waals surface area (Å²) in [5.41, 5.74) is 0.184. The van der Waals surface area contributed by atoms with E-state index in [1.54, 1.807) is 38.1 Å². The molecule has 0 aliphatic carbocycles. The Labute approximate surface area is 139 Å². The number of nitrogens with zero attached hydrogens (tertiary/aromatic N) is 1. The van der Waals surface area contributed by atoms with Crippen molar-refractivity contribution in [2.75, 3.05) is 13.7 Å². The molecule has 1 heterocycles. The van der Waals surface area contributed by atoms with E-state index < -0.39 is 29.4 Å². The van der Waals surface area contributed by atoms with Gasteiger partial charge in [0, 0.05) is 6.54 Å². The van der Waals surface area contributed by atoms with Crippen molar-refractivity contribution in [3.8, 4) is 0 Å². The fourth-order valence-corrected chi connectivity index (χ4v) is 2.24. The zero-order chi connectivity index (χ0) is 17.9. The van der Waals surface area contributed by atoms with Crippen molar-refractivity contribution in [2.45, 2.75) is 25.9 Å². The second kappa shape index (κ2) is 6.69. The molecule has 0 spiro atoms. The summed E-state index contributed by atoms with van der Waals surface area (Å²) in [6, 6.07) is 5.97. The van der Waals surface area contributed by atoms with Crippen LogP contribution in [0.5, 0.6) is 0 Å². The normalized spacial score (nSPS) is 15.9. The molecule has 1 aromatic rings. The molecule has 1 saturated heterocycles. The smallest absolute Gasteiger partial charge is 0.337 e. The Hall–Kier alpha value is -2.90. The lowest BCUT2D eigenvalue weighted by atomic mass is 10.1. The number of rotatable bonds is 5. The molecule has 4 amide bonds. The monoisotopic (exact) mass is 333 g/mol. The van der Waals surface area contributed by atoms with E-state index in [-0.39, 0.29) is 13.1 Å². The standard InChI is InChI=1S/C16H19N3O5/c1-16(2)14(22)19(15(23)18-16)9-12(20)17-8-10-4-6-11(7-5-10)13(21)24-3/h4-7H,8-9H2,1-3H3,(H,17,20)(H,18,23). The quantitative estimate of drug-likeness (QED) is 0.600. The predicted octanol–water partition coefficient (Wildman–Crippen LogP) is 0.420. The van der Waals surface area contributed by atoms with E-state index in [4.69, 9.17) is 0 Å². The summed E-state index contributed by atoms with van der Waals surface area (Å²) in [5.74, 6) is -1.33. The van der Waals surface area contributed by atoms with Gasteiger partial charge in [-0.15, -0.1) is 0 Å². The molecule has 0 bridgehead atoms. The topological polar surface area (TPSA) is 105 Å². The van der Waals surface area contributed by atoms with Crippen LogP contribution >= 0.6 is 0 Å². The third-order valence-corrected chi connectivity index (χ3v) is 3.61. The molecular formula is C16H19N3O5. The van der Waals surface area contributed by atoms with E-state index >= 15 is 0 Å². The van der Waals surface area contributed by atoms with Crippen LogP contribution in [-0.2, 0) is 20.9 Å². The molecule has 8 nitrogen and oxygen atoms in total. The van der Waals surface area contributed by atoms with Gasteiger partial charge < -0.3 is 15.4 Å². The lowest BCUT2D eigenvalue weighted by Gasteiger charge is -2.15. The van der Waals surface area contributed by atoms with Crippen molar-refractivity contribution < 1.29 is 23.9 Å². The molecule has 0 aromatic heterocycles. The first-order valence-electron chi connectivity index (χ1n) is 7.32. The Bertz CT molecular complexity index is 681. The number of ether oxygens (including phenoxy) is 1. The number of imide groups is 1. The van der Waals surface area contributed by atoms with Gasteiger partial charge in [0.05, 0.1) is 12.7 Å². The van der Waals surface area contributed by atoms with Crippen LogP contribution in [0.2, 0.25) is 0 Å². The predicted molar refractivity (Wildman–Crippen MR) is 84.0 cm³/mol. The van der Waals surface area contributed by atoms with Crippen molar-refractivity contribution >= 4 is 23.8 Å². The number of hydrogen-bond donors (Lipinski definition) is 2. The largest absolute Gasteiger partial charge is 0.465 e. The Kier molecular flexibility index (Phi) is 4.87. The van der Waals surface area contributed by atoms with Gasteiger partial charge in [0.15, 0.2) is 0 Å². The van der Waals surface area contributed by atoms with Crippen LogP contribution in [-0.4, -0.2) is 47.9 Å². The number of carbonyl (C=O) groups is 4. The van der Waals surface area contributed by atoms with Gasteiger partial charge in [0.25, 0.3) is 5.91 Å². The maximum atomic E-state index is 12.0. The molecule has 24 heavy (non-hydrogen) atoms. The Morgan fingerprint density at radius 1 is 1.21 bits per heavy atom. The lowest BCUT2D eigenvalue weighted by molar-refractivity contribution is -0.134. The Morgan fingerprint density at radius 3 is 2.33 bits per heavy atom. The molecule has 0 atom stereocenters. The molecule has 2 rings (SSSR count). The van der Waals surface area contributed by atoms with E-state index in [1.165, 1.54) is 7.11 Å². The summed E-state index contributed by atoms with van der Waals surface area (Å²) in [6.45, 7) is 3.03. The van der Waals surface area contributed by atoms with E-state index in [1.807, 2.05) is 0 Å². The van der Waals surface area contributed by atoms with Crippen LogP contribution in [0.3, 0.4) is 0 Å². The molecule has 1 fully saturated rings. The first-order chi connectivity index (χ1) is 11.2. The molecule has 0 radical (unpaired) electrons. The number of esters is 1. The van der Waals surface area contributed by atoms with Gasteiger partial charge in [-0.1, -0.05) is 12.1 Å². The van der Waals surface area contributed by atoms with E-state index in [0.717, 1.165) is 10.5 Å². The highest BCUT2D eigenvalue weighted by molar-refractivity contribution is 6.08. The van der Waals surface area contributed by atoms with Crippen LogP contribution in [0.4, 0.5) is 4.79 Å². The van der Waals surface area contributed by atoms with Crippen LogP contribution in [0.15, 0.2) is 24.3 Å². The number of urea groups is 1. The molecule has 2 N–H and O–H groups in total. The SMILES string of the molecule is COC(=O)c1ccc(CNC(=O)CN2C(=O)NC(C)(C)C2=O)cc1. The zero-order valence-corrected chi connectivity index (χ0v) is 13.7. The number of carbonyl (C=O) groups excluding carboxylic acids is 4. The second-order valence-corrected chi connectivity index (χ2v) is 5.91. The highest BCUT2D eigenvalue weighted by atomic mass is 16.5. The van der Waals surface area contributed by atoms with Gasteiger partial charge in [-0.3, -0.25) is 14.5 Å². The third-order valence-electron chi connectivity index (χ3n) is 3.61. The van der Waals surface area contributed by atoms with Gasteiger partial charge in [0.1, 0.15) is 12.1 Å². The summed E-state index contributed by atoms with van der Waals surface area (Å²) < 4.78 is 4.60. The average Bonchev–Trinajstić information content (AvgIpc) is 2.74. The number of amides is 4. The van der Waals surface area contributed by atoms with Crippen LogP contribution in [0.25, 0.3) is 0 Å². The molecule has 0 unspecified atom stereocenters. The maximum Gasteiger partial charge on any atom is 0.337 e. The minimum Gasteiger partial charge on any atom is -0.465 e. The minimum absolute atomic E-state index is 0.216. The fourth-order valence-electron chi connectivity index (χ4n) is 2.24. The average molecular weight is 333 g/mol. The number of methoxy groups -OCH3 is 1.